The molecule has 0 aliphatic heterocycles. The summed E-state index contributed by atoms with van der Waals surface area (Å²) in [6.45, 7) is 3.69. The molecule has 0 saturated carbocycles. The predicted molar refractivity (Wildman–Crippen MR) is 69.4 cm³/mol. The monoisotopic (exact) mass is 298 g/mol. The number of hydrogen-bond donors (Lipinski definition) is 2. The fraction of sp³-hybridized carbons (Fsp3) is 0.273. The smallest absolute Gasteiger partial charge is 0.314 e. The van der Waals surface area contributed by atoms with Gasteiger partial charge in [-0.1, -0.05) is 0 Å². The number of sulfonamides is 1. The van der Waals surface area contributed by atoms with E-state index in [4.69, 9.17) is 15.3 Å². The summed E-state index contributed by atoms with van der Waals surface area (Å²) in [5, 5.41) is 8.52. The average Bonchev–Trinajstić information content (AvgIpc) is 2.93. The zero-order chi connectivity index (χ0) is 15.1. The molecule has 8 nitrogen and oxygen atoms in total. The minimum atomic E-state index is -3.98. The van der Waals surface area contributed by atoms with Crippen LogP contribution in [0.2, 0.25) is 0 Å². The van der Waals surface area contributed by atoms with Crippen LogP contribution in [0.3, 0.4) is 0 Å². The van der Waals surface area contributed by atoms with Crippen molar-refractivity contribution in [3.63, 3.8) is 0 Å². The first kappa shape index (κ1) is 14.4. The Labute approximate surface area is 115 Å². The van der Waals surface area contributed by atoms with Crippen LogP contribution < -0.4 is 10.9 Å². The van der Waals surface area contributed by atoms with Gasteiger partial charge >= 0.3 is 5.91 Å². The number of carbonyl (C=O) groups is 1. The van der Waals surface area contributed by atoms with E-state index in [1.165, 1.54) is 6.07 Å². The number of carbonyl (C=O) groups excluding carboxylic acids is 1. The molecule has 0 saturated heterocycles. The Morgan fingerprint density at radius 2 is 2.05 bits per heavy atom. The van der Waals surface area contributed by atoms with E-state index in [1.807, 2.05) is 0 Å². The molecule has 2 rings (SSSR count). The van der Waals surface area contributed by atoms with Gasteiger partial charge in [-0.05, 0) is 26.0 Å². The standard InChI is InChI=1S/C11H14N4O4S/c1-6-8(5-12)7(2)15(14-6)11(16)9-3-4-10(19-9)20(13,17)18/h3-4H,5,12H2,1-2H3,(H2,13,17,18). The average molecular weight is 298 g/mol. The molecule has 0 amide bonds. The summed E-state index contributed by atoms with van der Waals surface area (Å²) in [6, 6.07) is 2.36. The molecule has 0 radical (unpaired) electrons. The summed E-state index contributed by atoms with van der Waals surface area (Å²) in [5.41, 5.74) is 7.56. The lowest BCUT2D eigenvalue weighted by Gasteiger charge is -2.01. The first-order valence-corrected chi connectivity index (χ1v) is 7.23. The second-order valence-corrected chi connectivity index (χ2v) is 5.73. The van der Waals surface area contributed by atoms with Crippen LogP contribution in [0.4, 0.5) is 0 Å². The SMILES string of the molecule is Cc1nn(C(=O)c2ccc(S(N)(=O)=O)o2)c(C)c1CN. The van der Waals surface area contributed by atoms with E-state index in [9.17, 15) is 13.2 Å². The van der Waals surface area contributed by atoms with Crippen LogP contribution in [-0.4, -0.2) is 24.1 Å². The molecule has 20 heavy (non-hydrogen) atoms. The lowest BCUT2D eigenvalue weighted by atomic mass is 10.2. The number of aryl methyl sites for hydroxylation is 1. The van der Waals surface area contributed by atoms with Gasteiger partial charge < -0.3 is 10.2 Å². The van der Waals surface area contributed by atoms with Crippen molar-refractivity contribution in [2.75, 3.05) is 0 Å². The Bertz CT molecular complexity index is 772. The topological polar surface area (TPSA) is 134 Å². The molecule has 108 valence electrons. The molecule has 0 spiro atoms. The van der Waals surface area contributed by atoms with Crippen molar-refractivity contribution in [3.8, 4) is 0 Å². The largest absolute Gasteiger partial charge is 0.438 e. The molecule has 0 unspecified atom stereocenters. The maximum atomic E-state index is 12.2. The highest BCUT2D eigenvalue weighted by Crippen LogP contribution is 2.17. The highest BCUT2D eigenvalue weighted by Gasteiger charge is 2.22. The fourth-order valence-electron chi connectivity index (χ4n) is 1.86. The Morgan fingerprint density at radius 3 is 2.50 bits per heavy atom. The quantitative estimate of drug-likeness (QED) is 0.811. The third kappa shape index (κ3) is 2.38. The molecule has 0 aromatic carbocycles. The van der Waals surface area contributed by atoms with Crippen LogP contribution in [0.1, 0.15) is 27.5 Å². The van der Waals surface area contributed by atoms with Gasteiger partial charge in [-0.15, -0.1) is 0 Å². The van der Waals surface area contributed by atoms with Crippen LogP contribution in [0, 0.1) is 13.8 Å². The summed E-state index contributed by atoms with van der Waals surface area (Å²) in [7, 11) is -3.98. The van der Waals surface area contributed by atoms with Gasteiger partial charge in [-0.2, -0.15) is 9.78 Å². The maximum Gasteiger partial charge on any atom is 0.314 e. The fourth-order valence-corrected chi connectivity index (χ4v) is 2.32. The number of rotatable bonds is 3. The van der Waals surface area contributed by atoms with Crippen molar-refractivity contribution < 1.29 is 17.6 Å². The molecule has 0 atom stereocenters. The van der Waals surface area contributed by atoms with Crippen molar-refractivity contribution >= 4 is 15.9 Å². The minimum absolute atomic E-state index is 0.164. The first-order chi connectivity index (χ1) is 9.25. The van der Waals surface area contributed by atoms with Gasteiger partial charge in [0.1, 0.15) is 0 Å². The molecular formula is C11H14N4O4S. The van der Waals surface area contributed by atoms with Gasteiger partial charge in [0.05, 0.1) is 5.69 Å². The Morgan fingerprint density at radius 1 is 1.40 bits per heavy atom. The molecule has 2 aromatic heterocycles. The van der Waals surface area contributed by atoms with Crippen LogP contribution >= 0.6 is 0 Å². The second kappa shape index (κ2) is 4.85. The maximum absolute atomic E-state index is 12.2. The highest BCUT2D eigenvalue weighted by atomic mass is 32.2. The van der Waals surface area contributed by atoms with Gasteiger partial charge in [0.25, 0.3) is 10.0 Å². The normalized spacial score (nSPS) is 11.8. The molecule has 2 aromatic rings. The van der Waals surface area contributed by atoms with E-state index >= 15 is 0 Å². The van der Waals surface area contributed by atoms with E-state index in [0.29, 0.717) is 11.4 Å². The minimum Gasteiger partial charge on any atom is -0.438 e. The van der Waals surface area contributed by atoms with Crippen molar-refractivity contribution in [1.29, 1.82) is 0 Å². The van der Waals surface area contributed by atoms with Gasteiger partial charge in [0, 0.05) is 17.8 Å². The third-order valence-corrected chi connectivity index (χ3v) is 3.69. The Kier molecular flexibility index (Phi) is 3.50. The number of nitrogens with two attached hydrogens (primary N) is 2. The van der Waals surface area contributed by atoms with E-state index in [-0.39, 0.29) is 12.3 Å². The van der Waals surface area contributed by atoms with Gasteiger partial charge in [-0.25, -0.2) is 13.6 Å². The molecular weight excluding hydrogens is 284 g/mol. The van der Waals surface area contributed by atoms with Crippen LogP contribution in [-0.2, 0) is 16.6 Å². The summed E-state index contributed by atoms with van der Waals surface area (Å²) in [6.07, 6.45) is 0. The van der Waals surface area contributed by atoms with E-state index in [1.54, 1.807) is 13.8 Å². The second-order valence-electron chi connectivity index (χ2n) is 4.23. The molecule has 4 N–H and O–H groups in total. The summed E-state index contributed by atoms with van der Waals surface area (Å²) in [5.74, 6) is -0.747. The zero-order valence-electron chi connectivity index (χ0n) is 11.0. The number of hydrogen-bond acceptors (Lipinski definition) is 6. The number of primary sulfonamides is 1. The highest BCUT2D eigenvalue weighted by molar-refractivity contribution is 7.89. The third-order valence-electron chi connectivity index (χ3n) is 2.91. The lowest BCUT2D eigenvalue weighted by molar-refractivity contribution is 0.0909. The van der Waals surface area contributed by atoms with Crippen molar-refractivity contribution in [2.24, 2.45) is 10.9 Å². The molecule has 2 heterocycles. The van der Waals surface area contributed by atoms with Crippen LogP contribution in [0.5, 0.6) is 0 Å². The van der Waals surface area contributed by atoms with Crippen LogP contribution in [0.15, 0.2) is 21.6 Å². The van der Waals surface area contributed by atoms with Gasteiger partial charge in [-0.3, -0.25) is 4.79 Å². The zero-order valence-corrected chi connectivity index (χ0v) is 11.8. The first-order valence-electron chi connectivity index (χ1n) is 5.68. The Balaban J connectivity index is 2.45. The molecule has 0 bridgehead atoms. The summed E-state index contributed by atoms with van der Waals surface area (Å²) >= 11 is 0. The van der Waals surface area contributed by atoms with Gasteiger partial charge in [0.2, 0.25) is 5.09 Å². The summed E-state index contributed by atoms with van der Waals surface area (Å²) in [4.78, 5) is 12.2. The molecule has 0 fully saturated rings. The lowest BCUT2D eigenvalue weighted by Crippen LogP contribution is -2.15. The number of aromatic nitrogens is 2. The van der Waals surface area contributed by atoms with Crippen LogP contribution in [0.25, 0.3) is 0 Å². The predicted octanol–water partition coefficient (Wildman–Crippen LogP) is -0.112. The van der Waals surface area contributed by atoms with Gasteiger partial charge in [0.15, 0.2) is 5.76 Å². The molecule has 9 heteroatoms. The van der Waals surface area contributed by atoms with E-state index < -0.39 is 21.0 Å². The van der Waals surface area contributed by atoms with Crippen molar-refractivity contribution in [1.82, 2.24) is 9.78 Å². The Hall–Kier alpha value is -1.97. The van der Waals surface area contributed by atoms with E-state index in [0.717, 1.165) is 16.3 Å². The summed E-state index contributed by atoms with van der Waals surface area (Å²) < 4.78 is 28.3. The van der Waals surface area contributed by atoms with Crippen molar-refractivity contribution in [2.45, 2.75) is 25.5 Å². The van der Waals surface area contributed by atoms with Crippen molar-refractivity contribution in [3.05, 3.63) is 34.8 Å². The number of furan rings is 1. The van der Waals surface area contributed by atoms with E-state index in [2.05, 4.69) is 5.10 Å². The molecule has 0 aliphatic carbocycles. The number of nitrogens with zero attached hydrogens (tertiary/aromatic N) is 2. The molecule has 0 aliphatic rings.